The molecule has 1 aromatic carbocycles. The molecule has 1 saturated heterocycles. The van der Waals surface area contributed by atoms with Crippen LogP contribution in [0.1, 0.15) is 19.4 Å². The van der Waals surface area contributed by atoms with Crippen molar-refractivity contribution in [1.29, 1.82) is 0 Å². The van der Waals surface area contributed by atoms with Crippen LogP contribution in [0.4, 0.5) is 10.5 Å². The molecular formula is C15H22N4O2S. The van der Waals surface area contributed by atoms with Gasteiger partial charge in [-0.05, 0) is 31.5 Å². The first kappa shape index (κ1) is 16.6. The van der Waals surface area contributed by atoms with Gasteiger partial charge in [-0.15, -0.1) is 11.8 Å². The van der Waals surface area contributed by atoms with Crippen molar-refractivity contribution >= 4 is 29.4 Å². The number of benzene rings is 1. The summed E-state index contributed by atoms with van der Waals surface area (Å²) in [5.74, 6) is 1.68. The molecule has 22 heavy (non-hydrogen) atoms. The van der Waals surface area contributed by atoms with Crippen LogP contribution in [0, 0.1) is 0 Å². The molecular weight excluding hydrogens is 300 g/mol. The van der Waals surface area contributed by atoms with E-state index in [0.29, 0.717) is 6.54 Å². The van der Waals surface area contributed by atoms with Crippen LogP contribution in [0.2, 0.25) is 0 Å². The van der Waals surface area contributed by atoms with Crippen molar-refractivity contribution in [3.8, 4) is 0 Å². The zero-order valence-corrected chi connectivity index (χ0v) is 13.6. The molecule has 0 aliphatic carbocycles. The highest BCUT2D eigenvalue weighted by molar-refractivity contribution is 7.99. The average Bonchev–Trinajstić information content (AvgIpc) is 2.99. The molecule has 1 aliphatic heterocycles. The molecule has 3 amide bonds. The summed E-state index contributed by atoms with van der Waals surface area (Å²) in [6, 6.07) is 7.21. The number of hydrogen-bond acceptors (Lipinski definition) is 4. The SMILES string of the molecule is CC(C)NC(=O)Nc1ccc(CNC(=O)C2CSCN2)cc1. The van der Waals surface area contributed by atoms with E-state index in [0.717, 1.165) is 22.9 Å². The summed E-state index contributed by atoms with van der Waals surface area (Å²) in [6.45, 7) is 4.30. The lowest BCUT2D eigenvalue weighted by Crippen LogP contribution is -2.41. The van der Waals surface area contributed by atoms with Crippen molar-refractivity contribution in [1.82, 2.24) is 16.0 Å². The van der Waals surface area contributed by atoms with Crippen LogP contribution in [0.3, 0.4) is 0 Å². The average molecular weight is 322 g/mol. The lowest BCUT2D eigenvalue weighted by atomic mass is 10.2. The quantitative estimate of drug-likeness (QED) is 0.662. The van der Waals surface area contributed by atoms with Crippen molar-refractivity contribution < 1.29 is 9.59 Å². The van der Waals surface area contributed by atoms with Crippen molar-refractivity contribution in [2.45, 2.75) is 32.5 Å². The summed E-state index contributed by atoms with van der Waals surface area (Å²) in [6.07, 6.45) is 0. The molecule has 0 bridgehead atoms. The smallest absolute Gasteiger partial charge is 0.319 e. The second-order valence-corrected chi connectivity index (χ2v) is 6.47. The van der Waals surface area contributed by atoms with E-state index in [1.807, 2.05) is 38.1 Å². The summed E-state index contributed by atoms with van der Waals surface area (Å²) < 4.78 is 0. The second-order valence-electron chi connectivity index (χ2n) is 5.44. The molecule has 1 aliphatic rings. The maximum absolute atomic E-state index is 11.9. The van der Waals surface area contributed by atoms with E-state index >= 15 is 0 Å². The second kappa shape index (κ2) is 8.05. The Labute approximate surface area is 134 Å². The van der Waals surface area contributed by atoms with Gasteiger partial charge in [0.2, 0.25) is 5.91 Å². The first-order valence-electron chi connectivity index (χ1n) is 7.30. The topological polar surface area (TPSA) is 82.3 Å². The Hall–Kier alpha value is -1.73. The van der Waals surface area contributed by atoms with Crippen LogP contribution in [0.5, 0.6) is 0 Å². The summed E-state index contributed by atoms with van der Waals surface area (Å²) in [7, 11) is 0. The molecule has 1 atom stereocenters. The first-order chi connectivity index (χ1) is 10.5. The fourth-order valence-corrected chi connectivity index (χ4v) is 2.95. The zero-order valence-electron chi connectivity index (χ0n) is 12.8. The summed E-state index contributed by atoms with van der Waals surface area (Å²) in [5.41, 5.74) is 1.72. The van der Waals surface area contributed by atoms with Gasteiger partial charge in [0, 0.05) is 29.9 Å². The van der Waals surface area contributed by atoms with Gasteiger partial charge in [0.25, 0.3) is 0 Å². The standard InChI is InChI=1S/C15H22N4O2S/c1-10(2)18-15(21)19-12-5-3-11(4-6-12)7-16-14(20)13-8-22-9-17-13/h3-6,10,13,17H,7-9H2,1-2H3,(H,16,20)(H2,18,19,21). The molecule has 1 fully saturated rings. The van der Waals surface area contributed by atoms with Crippen LogP contribution < -0.4 is 21.3 Å². The largest absolute Gasteiger partial charge is 0.351 e. The lowest BCUT2D eigenvalue weighted by molar-refractivity contribution is -0.122. The van der Waals surface area contributed by atoms with Crippen molar-refractivity contribution in [2.24, 2.45) is 0 Å². The minimum Gasteiger partial charge on any atom is -0.351 e. The summed E-state index contributed by atoms with van der Waals surface area (Å²) in [5, 5.41) is 11.6. The molecule has 2 rings (SSSR count). The Bertz CT molecular complexity index is 513. The molecule has 0 spiro atoms. The molecule has 0 aromatic heterocycles. The third-order valence-corrected chi connectivity index (χ3v) is 4.07. The number of nitrogens with one attached hydrogen (secondary N) is 4. The van der Waals surface area contributed by atoms with E-state index < -0.39 is 0 Å². The van der Waals surface area contributed by atoms with E-state index in [4.69, 9.17) is 0 Å². The number of thioether (sulfide) groups is 1. The van der Waals surface area contributed by atoms with E-state index in [1.54, 1.807) is 11.8 Å². The van der Waals surface area contributed by atoms with Gasteiger partial charge in [0.1, 0.15) is 0 Å². The maximum atomic E-state index is 11.9. The monoisotopic (exact) mass is 322 g/mol. The Morgan fingerprint density at radius 1 is 1.32 bits per heavy atom. The highest BCUT2D eigenvalue weighted by Crippen LogP contribution is 2.11. The minimum absolute atomic E-state index is 0.0310. The van der Waals surface area contributed by atoms with Crippen molar-refractivity contribution in [3.05, 3.63) is 29.8 Å². The zero-order chi connectivity index (χ0) is 15.9. The Balaban J connectivity index is 1.78. The Kier molecular flexibility index (Phi) is 6.09. The normalized spacial score (nSPS) is 17.3. The highest BCUT2D eigenvalue weighted by atomic mass is 32.2. The number of anilines is 1. The molecule has 1 aromatic rings. The van der Waals surface area contributed by atoms with Gasteiger partial charge in [-0.25, -0.2) is 4.79 Å². The van der Waals surface area contributed by atoms with Crippen LogP contribution in [-0.2, 0) is 11.3 Å². The van der Waals surface area contributed by atoms with Gasteiger partial charge >= 0.3 is 6.03 Å². The lowest BCUT2D eigenvalue weighted by Gasteiger charge is -2.12. The van der Waals surface area contributed by atoms with Crippen LogP contribution >= 0.6 is 11.8 Å². The van der Waals surface area contributed by atoms with Gasteiger partial charge in [-0.2, -0.15) is 0 Å². The maximum Gasteiger partial charge on any atom is 0.319 e. The predicted molar refractivity (Wildman–Crippen MR) is 89.8 cm³/mol. The van der Waals surface area contributed by atoms with Crippen molar-refractivity contribution in [3.63, 3.8) is 0 Å². The van der Waals surface area contributed by atoms with Crippen LogP contribution in [-0.4, -0.2) is 35.7 Å². The number of rotatable bonds is 5. The fourth-order valence-electron chi connectivity index (χ4n) is 2.01. The highest BCUT2D eigenvalue weighted by Gasteiger charge is 2.21. The van der Waals surface area contributed by atoms with E-state index in [-0.39, 0.29) is 24.0 Å². The van der Waals surface area contributed by atoms with E-state index in [1.165, 1.54) is 0 Å². The van der Waals surface area contributed by atoms with Gasteiger partial charge in [0.15, 0.2) is 0 Å². The third kappa shape index (κ3) is 5.23. The molecule has 4 N–H and O–H groups in total. The summed E-state index contributed by atoms with van der Waals surface area (Å²) >= 11 is 1.73. The number of hydrogen-bond donors (Lipinski definition) is 4. The third-order valence-electron chi connectivity index (χ3n) is 3.13. The molecule has 1 heterocycles. The van der Waals surface area contributed by atoms with E-state index in [2.05, 4.69) is 21.3 Å². The summed E-state index contributed by atoms with van der Waals surface area (Å²) in [4.78, 5) is 23.5. The molecule has 0 radical (unpaired) electrons. The number of carbonyl (C=O) groups excluding carboxylic acids is 2. The van der Waals surface area contributed by atoms with Crippen LogP contribution in [0.15, 0.2) is 24.3 Å². The Morgan fingerprint density at radius 2 is 2.05 bits per heavy atom. The van der Waals surface area contributed by atoms with E-state index in [9.17, 15) is 9.59 Å². The van der Waals surface area contributed by atoms with Crippen LogP contribution in [0.25, 0.3) is 0 Å². The van der Waals surface area contributed by atoms with Gasteiger partial charge in [-0.3, -0.25) is 10.1 Å². The number of urea groups is 1. The van der Waals surface area contributed by atoms with Gasteiger partial charge in [-0.1, -0.05) is 12.1 Å². The molecule has 0 saturated carbocycles. The van der Waals surface area contributed by atoms with Gasteiger partial charge in [0.05, 0.1) is 6.04 Å². The fraction of sp³-hybridized carbons (Fsp3) is 0.467. The van der Waals surface area contributed by atoms with Gasteiger partial charge < -0.3 is 16.0 Å². The molecule has 1 unspecified atom stereocenters. The number of amides is 3. The number of carbonyl (C=O) groups is 2. The minimum atomic E-state index is -0.221. The Morgan fingerprint density at radius 3 is 2.64 bits per heavy atom. The predicted octanol–water partition coefficient (Wildman–Crippen LogP) is 1.50. The first-order valence-corrected chi connectivity index (χ1v) is 8.45. The van der Waals surface area contributed by atoms with Crippen molar-refractivity contribution in [2.75, 3.05) is 16.9 Å². The molecule has 120 valence electrons. The molecule has 7 heteroatoms. The molecule has 6 nitrogen and oxygen atoms in total.